The minimum absolute atomic E-state index is 0. The Morgan fingerprint density at radius 1 is 1.03 bits per heavy atom. The van der Waals surface area contributed by atoms with Gasteiger partial charge in [0.05, 0.1) is 6.42 Å². The zero-order valence-corrected chi connectivity index (χ0v) is 18.7. The molecule has 2 aliphatic rings. The van der Waals surface area contributed by atoms with Crippen molar-refractivity contribution in [1.29, 1.82) is 0 Å². The Balaban J connectivity index is 0.00000420. The minimum atomic E-state index is -5.00. The van der Waals surface area contributed by atoms with Crippen LogP contribution in [0.1, 0.15) is 44.9 Å². The Labute approximate surface area is 189 Å². The number of carbonyl (C=O) groups excluding carboxylic acids is 5. The van der Waals surface area contributed by atoms with Gasteiger partial charge in [-0.3, -0.25) is 24.1 Å². The van der Waals surface area contributed by atoms with Crippen LogP contribution in [0.4, 0.5) is 0 Å². The molecular formula is C16H19N2NaO9S. The third-order valence-corrected chi connectivity index (χ3v) is 5.33. The van der Waals surface area contributed by atoms with Crippen molar-refractivity contribution in [3.63, 3.8) is 0 Å². The molecule has 29 heavy (non-hydrogen) atoms. The van der Waals surface area contributed by atoms with Crippen LogP contribution in [-0.2, 0) is 38.9 Å². The van der Waals surface area contributed by atoms with E-state index in [0.717, 1.165) is 17.7 Å². The molecule has 1 unspecified atom stereocenters. The summed E-state index contributed by atoms with van der Waals surface area (Å²) in [6, 6.07) is 0. The molecule has 154 valence electrons. The molecule has 0 radical (unpaired) electrons. The molecular weight excluding hydrogens is 419 g/mol. The average Bonchev–Trinajstić information content (AvgIpc) is 3.07. The normalized spacial score (nSPS) is 19.1. The molecule has 0 aromatic rings. The van der Waals surface area contributed by atoms with Crippen molar-refractivity contribution in [3.05, 3.63) is 12.2 Å². The Morgan fingerprint density at radius 2 is 1.59 bits per heavy atom. The molecule has 0 spiro atoms. The van der Waals surface area contributed by atoms with Gasteiger partial charge in [0.2, 0.25) is 0 Å². The number of hydroxylamine groups is 2. The number of nitrogens with zero attached hydrogens (tertiary/aromatic N) is 2. The molecule has 1 atom stereocenters. The number of carbonyl (C=O) groups is 5. The molecule has 11 nitrogen and oxygen atoms in total. The Kier molecular flexibility index (Phi) is 9.62. The van der Waals surface area contributed by atoms with Crippen LogP contribution < -0.4 is 29.6 Å². The van der Waals surface area contributed by atoms with Crippen molar-refractivity contribution in [2.45, 2.75) is 50.2 Å². The first-order chi connectivity index (χ1) is 13.1. The Hall–Kier alpha value is -1.60. The topological polar surface area (TPSA) is 158 Å². The zero-order chi connectivity index (χ0) is 20.9. The predicted molar refractivity (Wildman–Crippen MR) is 89.6 cm³/mol. The summed E-state index contributed by atoms with van der Waals surface area (Å²) in [5.74, 6) is -3.95. The van der Waals surface area contributed by atoms with Crippen LogP contribution in [0.25, 0.3) is 0 Å². The Morgan fingerprint density at radius 3 is 2.14 bits per heavy atom. The third-order valence-electron chi connectivity index (χ3n) is 4.27. The Bertz CT molecular complexity index is 806. The quantitative estimate of drug-likeness (QED) is 0.145. The summed E-state index contributed by atoms with van der Waals surface area (Å²) in [6.07, 6.45) is 4.64. The predicted octanol–water partition coefficient (Wildman–Crippen LogP) is -3.61. The summed E-state index contributed by atoms with van der Waals surface area (Å²) in [5, 5.41) is -2.02. The average molecular weight is 438 g/mol. The molecule has 4 amide bonds. The molecule has 0 aliphatic carbocycles. The van der Waals surface area contributed by atoms with E-state index in [2.05, 4.69) is 4.84 Å². The third kappa shape index (κ3) is 7.00. The van der Waals surface area contributed by atoms with Crippen LogP contribution in [0.3, 0.4) is 0 Å². The summed E-state index contributed by atoms with van der Waals surface area (Å²) < 4.78 is 32.7. The van der Waals surface area contributed by atoms with Crippen molar-refractivity contribution in [2.24, 2.45) is 0 Å². The maximum absolute atomic E-state index is 11.7. The van der Waals surface area contributed by atoms with Crippen molar-refractivity contribution in [1.82, 2.24) is 9.96 Å². The summed E-state index contributed by atoms with van der Waals surface area (Å²) in [6.45, 7) is 0.329. The molecule has 13 heteroatoms. The van der Waals surface area contributed by atoms with Crippen molar-refractivity contribution >= 4 is 39.7 Å². The van der Waals surface area contributed by atoms with Crippen LogP contribution in [0.5, 0.6) is 0 Å². The number of rotatable bonds is 10. The van der Waals surface area contributed by atoms with Gasteiger partial charge in [-0.1, -0.05) is 19.3 Å². The van der Waals surface area contributed by atoms with Gasteiger partial charge in [-0.15, -0.1) is 5.06 Å². The molecule has 0 saturated carbocycles. The van der Waals surface area contributed by atoms with E-state index in [1.165, 1.54) is 12.2 Å². The van der Waals surface area contributed by atoms with Gasteiger partial charge < -0.3 is 9.39 Å². The van der Waals surface area contributed by atoms with Crippen molar-refractivity contribution in [2.75, 3.05) is 6.54 Å². The van der Waals surface area contributed by atoms with Gasteiger partial charge in [0.15, 0.2) is 0 Å². The number of hydrogen-bond acceptors (Lipinski definition) is 9. The molecule has 1 saturated heterocycles. The van der Waals surface area contributed by atoms with Crippen molar-refractivity contribution in [3.8, 4) is 0 Å². The van der Waals surface area contributed by atoms with Gasteiger partial charge in [0, 0.05) is 25.1 Å². The van der Waals surface area contributed by atoms with E-state index in [9.17, 15) is 36.9 Å². The van der Waals surface area contributed by atoms with E-state index in [1.54, 1.807) is 0 Å². The molecule has 1 fully saturated rings. The summed E-state index contributed by atoms with van der Waals surface area (Å²) >= 11 is 0. The van der Waals surface area contributed by atoms with E-state index in [1.807, 2.05) is 0 Å². The number of imide groups is 2. The maximum Gasteiger partial charge on any atom is 1.00 e. The standard InChI is InChI=1S/C16H20N2O9S.Na/c19-12-7-8-13(20)17(12)9-5-3-1-2-4-6-15(22)27-18-14(21)10-11(16(18)23)28(24,25)26;/h7-8,11H,1-6,9-10H2,(H,24,25,26);/q;+1/p-1. The first kappa shape index (κ1) is 25.4. The second-order valence-corrected chi connectivity index (χ2v) is 7.91. The molecule has 2 rings (SSSR count). The molecule has 2 heterocycles. The number of unbranched alkanes of at least 4 members (excludes halogenated alkanes) is 4. The SMILES string of the molecule is O=C(CCCCCCCN1C(=O)C=CC1=O)ON1C(=O)CC(S(=O)(=O)[O-])C1=O.[Na+]. The minimum Gasteiger partial charge on any atom is -0.747 e. The van der Waals surface area contributed by atoms with Crippen LogP contribution in [-0.4, -0.2) is 64.3 Å². The van der Waals surface area contributed by atoms with Crippen LogP contribution in [0.2, 0.25) is 0 Å². The fraction of sp³-hybridized carbons (Fsp3) is 0.562. The van der Waals surface area contributed by atoms with Crippen LogP contribution in [0, 0.1) is 0 Å². The van der Waals surface area contributed by atoms with E-state index in [4.69, 9.17) is 0 Å². The van der Waals surface area contributed by atoms with E-state index >= 15 is 0 Å². The van der Waals surface area contributed by atoms with E-state index in [0.29, 0.717) is 25.8 Å². The van der Waals surface area contributed by atoms with Gasteiger partial charge in [-0.25, -0.2) is 13.2 Å². The molecule has 0 N–H and O–H groups in total. The van der Waals surface area contributed by atoms with Gasteiger partial charge in [0.1, 0.15) is 15.4 Å². The zero-order valence-electron chi connectivity index (χ0n) is 15.9. The second kappa shape index (κ2) is 11.0. The monoisotopic (exact) mass is 438 g/mol. The number of hydrogen-bond donors (Lipinski definition) is 0. The fourth-order valence-corrected chi connectivity index (χ4v) is 3.46. The van der Waals surface area contributed by atoms with Gasteiger partial charge in [-0.2, -0.15) is 0 Å². The second-order valence-electron chi connectivity index (χ2n) is 6.35. The maximum atomic E-state index is 11.7. The van der Waals surface area contributed by atoms with E-state index < -0.39 is 39.6 Å². The number of amides is 4. The van der Waals surface area contributed by atoms with Gasteiger partial charge in [-0.05, 0) is 12.8 Å². The largest absolute Gasteiger partial charge is 1.00 e. The molecule has 2 aliphatic heterocycles. The van der Waals surface area contributed by atoms with Crippen LogP contribution in [0.15, 0.2) is 12.2 Å². The first-order valence-corrected chi connectivity index (χ1v) is 10.1. The van der Waals surface area contributed by atoms with E-state index in [-0.39, 0.29) is 52.9 Å². The van der Waals surface area contributed by atoms with Crippen LogP contribution >= 0.6 is 0 Å². The molecule has 0 bridgehead atoms. The molecule has 0 aromatic heterocycles. The van der Waals surface area contributed by atoms with Crippen molar-refractivity contribution < 1.29 is 71.3 Å². The summed E-state index contributed by atoms with van der Waals surface area (Å²) in [5.41, 5.74) is 0. The van der Waals surface area contributed by atoms with Gasteiger partial charge in [0.25, 0.3) is 23.6 Å². The van der Waals surface area contributed by atoms with Gasteiger partial charge >= 0.3 is 35.5 Å². The summed E-state index contributed by atoms with van der Waals surface area (Å²) in [7, 11) is -5.00. The summed E-state index contributed by atoms with van der Waals surface area (Å²) in [4.78, 5) is 63.4. The fourth-order valence-electron chi connectivity index (χ4n) is 2.77. The first-order valence-electron chi connectivity index (χ1n) is 8.67. The molecule has 0 aromatic carbocycles. The smallest absolute Gasteiger partial charge is 0.747 e.